The van der Waals surface area contributed by atoms with Gasteiger partial charge >= 0.3 is 0 Å². The Bertz CT molecular complexity index is 191. The van der Waals surface area contributed by atoms with Gasteiger partial charge in [-0.05, 0) is 47.8 Å². The van der Waals surface area contributed by atoms with Gasteiger partial charge in [0.05, 0.1) is 6.54 Å². The Labute approximate surface area is 100.0 Å². The van der Waals surface area contributed by atoms with Crippen LogP contribution in [-0.4, -0.2) is 62.0 Å². The first-order valence-corrected chi connectivity index (χ1v) is 6.17. The molecule has 4 nitrogen and oxygen atoms in total. The van der Waals surface area contributed by atoms with Gasteiger partial charge in [0, 0.05) is 19.1 Å². The van der Waals surface area contributed by atoms with Crippen molar-refractivity contribution in [3.05, 3.63) is 0 Å². The van der Waals surface area contributed by atoms with Crippen LogP contribution in [0.4, 0.5) is 0 Å². The zero-order valence-corrected chi connectivity index (χ0v) is 11.4. The van der Waals surface area contributed by atoms with Crippen molar-refractivity contribution >= 4 is 5.91 Å². The predicted octanol–water partition coefficient (Wildman–Crippen LogP) is 0.785. The predicted molar refractivity (Wildman–Crippen MR) is 68.6 cm³/mol. The molecular formula is C12H27N3O. The highest BCUT2D eigenvalue weighted by atomic mass is 16.2. The summed E-state index contributed by atoms with van der Waals surface area (Å²) in [5.41, 5.74) is 0. The van der Waals surface area contributed by atoms with Crippen molar-refractivity contribution < 1.29 is 4.79 Å². The van der Waals surface area contributed by atoms with Crippen molar-refractivity contribution in [2.75, 3.05) is 40.3 Å². The van der Waals surface area contributed by atoms with Gasteiger partial charge in [-0.15, -0.1) is 0 Å². The molecule has 0 aliphatic carbocycles. The number of carbonyl (C=O) groups excluding carboxylic acids is 1. The molecule has 1 atom stereocenters. The lowest BCUT2D eigenvalue weighted by Crippen LogP contribution is -2.41. The minimum atomic E-state index is 0.196. The normalized spacial score (nSPS) is 12.9. The van der Waals surface area contributed by atoms with E-state index in [1.54, 1.807) is 0 Å². The topological polar surface area (TPSA) is 35.6 Å². The lowest BCUT2D eigenvalue weighted by Gasteiger charge is -2.21. The van der Waals surface area contributed by atoms with Crippen LogP contribution in [0.3, 0.4) is 0 Å². The third kappa shape index (κ3) is 6.80. The molecule has 1 N–H and O–H groups in total. The first-order chi connectivity index (χ1) is 7.51. The third-order valence-electron chi connectivity index (χ3n) is 2.73. The molecule has 0 aromatic rings. The van der Waals surface area contributed by atoms with Gasteiger partial charge in [0.1, 0.15) is 0 Å². The summed E-state index contributed by atoms with van der Waals surface area (Å²) in [4.78, 5) is 15.7. The second-order valence-electron chi connectivity index (χ2n) is 4.44. The van der Waals surface area contributed by atoms with E-state index in [4.69, 9.17) is 0 Å². The molecule has 96 valence electrons. The van der Waals surface area contributed by atoms with Crippen LogP contribution in [0.25, 0.3) is 0 Å². The maximum atomic E-state index is 11.7. The maximum Gasteiger partial charge on any atom is 0.236 e. The summed E-state index contributed by atoms with van der Waals surface area (Å²) in [6.45, 7) is 9.24. The molecule has 0 spiro atoms. The monoisotopic (exact) mass is 229 g/mol. The largest absolute Gasteiger partial charge is 0.342 e. The number of nitrogens with one attached hydrogen (secondary N) is 1. The molecule has 0 saturated carbocycles. The van der Waals surface area contributed by atoms with Gasteiger partial charge in [0.25, 0.3) is 0 Å². The summed E-state index contributed by atoms with van der Waals surface area (Å²) in [6.07, 6.45) is 1.07. The molecule has 0 saturated heterocycles. The van der Waals surface area contributed by atoms with E-state index in [0.29, 0.717) is 12.6 Å². The summed E-state index contributed by atoms with van der Waals surface area (Å²) in [6, 6.07) is 0.391. The second-order valence-corrected chi connectivity index (χ2v) is 4.44. The Morgan fingerprint density at radius 1 is 1.25 bits per heavy atom. The summed E-state index contributed by atoms with van der Waals surface area (Å²) < 4.78 is 0. The molecule has 0 heterocycles. The van der Waals surface area contributed by atoms with Crippen LogP contribution in [0, 0.1) is 0 Å². The lowest BCUT2D eigenvalue weighted by atomic mass is 10.2. The van der Waals surface area contributed by atoms with Crippen molar-refractivity contribution in [3.8, 4) is 0 Å². The van der Waals surface area contributed by atoms with E-state index >= 15 is 0 Å². The van der Waals surface area contributed by atoms with E-state index in [1.165, 1.54) is 0 Å². The minimum Gasteiger partial charge on any atom is -0.342 e. The molecule has 0 radical (unpaired) electrons. The van der Waals surface area contributed by atoms with E-state index in [2.05, 4.69) is 31.2 Å². The molecule has 0 aliphatic rings. The van der Waals surface area contributed by atoms with Crippen molar-refractivity contribution in [1.29, 1.82) is 0 Å². The van der Waals surface area contributed by atoms with Crippen LogP contribution in [0.1, 0.15) is 27.2 Å². The van der Waals surface area contributed by atoms with Crippen LogP contribution < -0.4 is 5.32 Å². The molecule has 0 aromatic carbocycles. The fourth-order valence-corrected chi connectivity index (χ4v) is 1.50. The van der Waals surface area contributed by atoms with E-state index in [0.717, 1.165) is 26.1 Å². The Morgan fingerprint density at radius 2 is 1.81 bits per heavy atom. The highest BCUT2D eigenvalue weighted by Crippen LogP contribution is 1.93. The first-order valence-electron chi connectivity index (χ1n) is 6.17. The highest BCUT2D eigenvalue weighted by Gasteiger charge is 2.10. The minimum absolute atomic E-state index is 0.196. The molecule has 0 fully saturated rings. The van der Waals surface area contributed by atoms with E-state index < -0.39 is 0 Å². The average molecular weight is 229 g/mol. The Balaban J connectivity index is 3.73. The fraction of sp³-hybridized carbons (Fsp3) is 0.917. The molecule has 4 heteroatoms. The van der Waals surface area contributed by atoms with Gasteiger partial charge in [0.2, 0.25) is 5.91 Å². The number of rotatable bonds is 8. The number of carbonyl (C=O) groups is 1. The zero-order chi connectivity index (χ0) is 12.6. The van der Waals surface area contributed by atoms with Crippen LogP contribution in [0.15, 0.2) is 0 Å². The number of nitrogens with zero attached hydrogens (tertiary/aromatic N) is 2. The number of amides is 1. The third-order valence-corrected chi connectivity index (χ3v) is 2.73. The number of hydrogen-bond acceptors (Lipinski definition) is 3. The van der Waals surface area contributed by atoms with Crippen molar-refractivity contribution in [2.45, 2.75) is 33.2 Å². The Hall–Kier alpha value is -0.610. The van der Waals surface area contributed by atoms with Crippen LogP contribution in [-0.2, 0) is 4.79 Å². The Morgan fingerprint density at radius 3 is 2.25 bits per heavy atom. The molecule has 0 rings (SSSR count). The molecule has 0 aliphatic heterocycles. The zero-order valence-electron chi connectivity index (χ0n) is 11.4. The van der Waals surface area contributed by atoms with Gasteiger partial charge < -0.3 is 15.1 Å². The molecule has 16 heavy (non-hydrogen) atoms. The van der Waals surface area contributed by atoms with Crippen LogP contribution >= 0.6 is 0 Å². The second kappa shape index (κ2) is 8.53. The van der Waals surface area contributed by atoms with E-state index in [9.17, 15) is 4.79 Å². The summed E-state index contributed by atoms with van der Waals surface area (Å²) in [5, 5.41) is 3.27. The average Bonchev–Trinajstić information content (AvgIpc) is 2.25. The van der Waals surface area contributed by atoms with Gasteiger partial charge in [-0.1, -0.05) is 0 Å². The first kappa shape index (κ1) is 15.4. The Kier molecular flexibility index (Phi) is 8.21. The van der Waals surface area contributed by atoms with Gasteiger partial charge in [-0.25, -0.2) is 0 Å². The smallest absolute Gasteiger partial charge is 0.236 e. The van der Waals surface area contributed by atoms with Gasteiger partial charge in [-0.3, -0.25) is 4.79 Å². The molecule has 0 bridgehead atoms. The summed E-state index contributed by atoms with van der Waals surface area (Å²) in [5.74, 6) is 0.196. The summed E-state index contributed by atoms with van der Waals surface area (Å²) in [7, 11) is 4.13. The van der Waals surface area contributed by atoms with E-state index in [1.807, 2.05) is 18.7 Å². The van der Waals surface area contributed by atoms with Crippen molar-refractivity contribution in [1.82, 2.24) is 15.1 Å². The fourth-order valence-electron chi connectivity index (χ4n) is 1.50. The summed E-state index contributed by atoms with van der Waals surface area (Å²) >= 11 is 0. The number of hydrogen-bond donors (Lipinski definition) is 1. The SMILES string of the molecule is CCN(CC)C(=O)CNC(C)CCN(C)C. The van der Waals surface area contributed by atoms with Crippen LogP contribution in [0.2, 0.25) is 0 Å². The molecule has 0 aromatic heterocycles. The standard InChI is InChI=1S/C12H27N3O/c1-6-15(7-2)12(16)10-13-11(3)8-9-14(4)5/h11,13H,6-10H2,1-5H3. The van der Waals surface area contributed by atoms with Gasteiger partial charge in [-0.2, -0.15) is 0 Å². The van der Waals surface area contributed by atoms with E-state index in [-0.39, 0.29) is 5.91 Å². The highest BCUT2D eigenvalue weighted by molar-refractivity contribution is 5.78. The molecule has 1 unspecified atom stereocenters. The maximum absolute atomic E-state index is 11.7. The van der Waals surface area contributed by atoms with Crippen molar-refractivity contribution in [2.24, 2.45) is 0 Å². The number of likely N-dealkylation sites (N-methyl/N-ethyl adjacent to an activating group) is 1. The molecule has 1 amide bonds. The van der Waals surface area contributed by atoms with Gasteiger partial charge in [0.15, 0.2) is 0 Å². The lowest BCUT2D eigenvalue weighted by molar-refractivity contribution is -0.129. The molecular weight excluding hydrogens is 202 g/mol. The van der Waals surface area contributed by atoms with Crippen LogP contribution in [0.5, 0.6) is 0 Å². The quantitative estimate of drug-likeness (QED) is 0.668. The van der Waals surface area contributed by atoms with Crippen molar-refractivity contribution in [3.63, 3.8) is 0 Å².